The molecule has 0 aromatic heterocycles. The Morgan fingerprint density at radius 1 is 1.12 bits per heavy atom. The van der Waals surface area contributed by atoms with E-state index >= 15 is 0 Å². The minimum absolute atomic E-state index is 0.208. The van der Waals surface area contributed by atoms with Gasteiger partial charge in [0.1, 0.15) is 5.75 Å². The van der Waals surface area contributed by atoms with Crippen molar-refractivity contribution < 1.29 is 9.13 Å². The molecule has 17 heavy (non-hydrogen) atoms. The summed E-state index contributed by atoms with van der Waals surface area (Å²) in [5.41, 5.74) is 0.735. The normalized spacial score (nSPS) is 10.3. The van der Waals surface area contributed by atoms with Crippen molar-refractivity contribution in [1.29, 1.82) is 0 Å². The number of benzene rings is 2. The van der Waals surface area contributed by atoms with E-state index in [1.165, 1.54) is 6.07 Å². The van der Waals surface area contributed by atoms with Crippen LogP contribution in [-0.4, -0.2) is 0 Å². The minimum atomic E-state index is -0.401. The first-order valence-electron chi connectivity index (χ1n) is 4.97. The fraction of sp³-hybridized carbons (Fsp3) is 0.0769. The lowest BCUT2D eigenvalue weighted by Crippen LogP contribution is -1.90. The Hall–Kier alpha value is -0.810. The number of alkyl halides is 1. The average molecular weight is 363 g/mol. The SMILES string of the molecule is Fc1cc(CCl)ccc1Oc1ccc(I)cc1. The van der Waals surface area contributed by atoms with Gasteiger partial charge in [0.15, 0.2) is 11.6 Å². The quantitative estimate of drug-likeness (QED) is 0.554. The largest absolute Gasteiger partial charge is 0.454 e. The topological polar surface area (TPSA) is 9.23 Å². The van der Waals surface area contributed by atoms with Gasteiger partial charge in [-0.1, -0.05) is 6.07 Å². The van der Waals surface area contributed by atoms with Crippen LogP contribution in [0.3, 0.4) is 0 Å². The van der Waals surface area contributed by atoms with Gasteiger partial charge in [0.05, 0.1) is 0 Å². The van der Waals surface area contributed by atoms with Gasteiger partial charge in [-0.25, -0.2) is 4.39 Å². The maximum Gasteiger partial charge on any atom is 0.166 e. The van der Waals surface area contributed by atoms with Gasteiger partial charge < -0.3 is 4.74 Å². The number of rotatable bonds is 3. The fourth-order valence-electron chi connectivity index (χ4n) is 1.34. The van der Waals surface area contributed by atoms with Crippen LogP contribution in [0.15, 0.2) is 42.5 Å². The van der Waals surface area contributed by atoms with Crippen molar-refractivity contribution in [3.05, 3.63) is 57.4 Å². The van der Waals surface area contributed by atoms with Crippen LogP contribution >= 0.6 is 34.2 Å². The fourth-order valence-corrected chi connectivity index (χ4v) is 1.87. The highest BCUT2D eigenvalue weighted by Crippen LogP contribution is 2.26. The summed E-state index contributed by atoms with van der Waals surface area (Å²) < 4.78 is 20.2. The molecule has 4 heteroatoms. The van der Waals surface area contributed by atoms with Gasteiger partial charge in [-0.3, -0.25) is 0 Å². The standard InChI is InChI=1S/C13H9ClFIO/c14-8-9-1-6-13(12(15)7-9)17-11-4-2-10(16)3-5-11/h1-7H,8H2. The summed E-state index contributed by atoms with van der Waals surface area (Å²) in [5, 5.41) is 0. The lowest BCUT2D eigenvalue weighted by atomic mass is 10.2. The molecule has 2 aromatic rings. The molecule has 0 radical (unpaired) electrons. The maximum absolute atomic E-state index is 13.6. The van der Waals surface area contributed by atoms with Crippen LogP contribution in [0.4, 0.5) is 4.39 Å². The van der Waals surface area contributed by atoms with Crippen molar-refractivity contribution in [3.63, 3.8) is 0 Å². The molecule has 0 N–H and O–H groups in total. The molecule has 0 fully saturated rings. The van der Waals surface area contributed by atoms with Crippen LogP contribution in [0.5, 0.6) is 11.5 Å². The first-order chi connectivity index (χ1) is 8.19. The summed E-state index contributed by atoms with van der Waals surface area (Å²) in [6.45, 7) is 0. The Balaban J connectivity index is 2.21. The molecule has 0 heterocycles. The van der Waals surface area contributed by atoms with Crippen molar-refractivity contribution in [2.75, 3.05) is 0 Å². The van der Waals surface area contributed by atoms with Gasteiger partial charge in [0.2, 0.25) is 0 Å². The molecule has 88 valence electrons. The summed E-state index contributed by atoms with van der Waals surface area (Å²) in [7, 11) is 0. The Bertz CT molecular complexity index is 513. The summed E-state index contributed by atoms with van der Waals surface area (Å²) in [6, 6.07) is 12.1. The van der Waals surface area contributed by atoms with Crippen LogP contribution in [-0.2, 0) is 5.88 Å². The van der Waals surface area contributed by atoms with E-state index in [4.69, 9.17) is 16.3 Å². The van der Waals surface area contributed by atoms with Crippen LogP contribution in [0.1, 0.15) is 5.56 Å². The zero-order valence-corrected chi connectivity index (χ0v) is 11.7. The second-order valence-corrected chi connectivity index (χ2v) is 4.97. The molecule has 0 bridgehead atoms. The lowest BCUT2D eigenvalue weighted by Gasteiger charge is -2.07. The minimum Gasteiger partial charge on any atom is -0.454 e. The number of hydrogen-bond donors (Lipinski definition) is 0. The molecule has 0 aliphatic heterocycles. The van der Waals surface area contributed by atoms with Gasteiger partial charge >= 0.3 is 0 Å². The number of hydrogen-bond acceptors (Lipinski definition) is 1. The summed E-state index contributed by atoms with van der Waals surface area (Å²) in [4.78, 5) is 0. The number of ether oxygens (including phenoxy) is 1. The zero-order chi connectivity index (χ0) is 12.3. The third kappa shape index (κ3) is 3.33. The summed E-state index contributed by atoms with van der Waals surface area (Å²) >= 11 is 7.82. The molecule has 1 nitrogen and oxygen atoms in total. The van der Waals surface area contributed by atoms with E-state index in [1.807, 2.05) is 12.1 Å². The van der Waals surface area contributed by atoms with E-state index < -0.39 is 5.82 Å². The van der Waals surface area contributed by atoms with Crippen molar-refractivity contribution in [3.8, 4) is 11.5 Å². The first-order valence-corrected chi connectivity index (χ1v) is 6.58. The third-order valence-corrected chi connectivity index (χ3v) is 3.22. The van der Waals surface area contributed by atoms with Gasteiger partial charge in [0, 0.05) is 9.45 Å². The smallest absolute Gasteiger partial charge is 0.166 e. The van der Waals surface area contributed by atoms with Crippen molar-refractivity contribution in [1.82, 2.24) is 0 Å². The highest BCUT2D eigenvalue weighted by molar-refractivity contribution is 14.1. The molecular weight excluding hydrogens is 353 g/mol. The van der Waals surface area contributed by atoms with Crippen LogP contribution in [0, 0.1) is 9.39 Å². The van der Waals surface area contributed by atoms with Crippen LogP contribution in [0.2, 0.25) is 0 Å². The predicted molar refractivity (Wildman–Crippen MR) is 75.2 cm³/mol. The third-order valence-electron chi connectivity index (χ3n) is 2.19. The Morgan fingerprint density at radius 2 is 1.82 bits per heavy atom. The molecule has 2 aromatic carbocycles. The highest BCUT2D eigenvalue weighted by atomic mass is 127. The second kappa shape index (κ2) is 5.69. The predicted octanol–water partition coefficient (Wildman–Crippen LogP) is 4.96. The average Bonchev–Trinajstić information content (AvgIpc) is 2.34. The zero-order valence-electron chi connectivity index (χ0n) is 8.79. The molecule has 0 aliphatic rings. The molecule has 0 atom stereocenters. The van der Waals surface area contributed by atoms with Crippen molar-refractivity contribution in [2.45, 2.75) is 5.88 Å². The van der Waals surface area contributed by atoms with Crippen LogP contribution < -0.4 is 4.74 Å². The Labute approximate surface area is 118 Å². The Kier molecular flexibility index (Phi) is 4.23. The van der Waals surface area contributed by atoms with Gasteiger partial charge in [-0.05, 0) is 64.6 Å². The first kappa shape index (κ1) is 12.6. The molecule has 0 saturated heterocycles. The molecule has 0 unspecified atom stereocenters. The van der Waals surface area contributed by atoms with Crippen LogP contribution in [0.25, 0.3) is 0 Å². The van der Waals surface area contributed by atoms with Crippen molar-refractivity contribution in [2.24, 2.45) is 0 Å². The van der Waals surface area contributed by atoms with Gasteiger partial charge in [-0.15, -0.1) is 11.6 Å². The second-order valence-electron chi connectivity index (χ2n) is 3.45. The van der Waals surface area contributed by atoms with E-state index in [-0.39, 0.29) is 5.75 Å². The van der Waals surface area contributed by atoms with E-state index in [2.05, 4.69) is 22.6 Å². The summed E-state index contributed by atoms with van der Waals surface area (Å²) in [5.74, 6) is 0.713. The maximum atomic E-state index is 13.6. The van der Waals surface area contributed by atoms with Gasteiger partial charge in [0.25, 0.3) is 0 Å². The highest BCUT2D eigenvalue weighted by Gasteiger charge is 2.05. The van der Waals surface area contributed by atoms with Gasteiger partial charge in [-0.2, -0.15) is 0 Å². The number of halogens is 3. The molecule has 0 saturated carbocycles. The van der Waals surface area contributed by atoms with E-state index in [0.29, 0.717) is 11.6 Å². The molecule has 0 amide bonds. The summed E-state index contributed by atoms with van der Waals surface area (Å²) in [6.07, 6.45) is 0. The lowest BCUT2D eigenvalue weighted by molar-refractivity contribution is 0.442. The molecule has 0 aliphatic carbocycles. The van der Waals surface area contributed by atoms with E-state index in [1.54, 1.807) is 24.3 Å². The molecular formula is C13H9ClFIO. The van der Waals surface area contributed by atoms with E-state index in [0.717, 1.165) is 9.13 Å². The monoisotopic (exact) mass is 362 g/mol. The van der Waals surface area contributed by atoms with E-state index in [9.17, 15) is 4.39 Å². The Morgan fingerprint density at radius 3 is 2.41 bits per heavy atom. The molecule has 2 rings (SSSR count). The van der Waals surface area contributed by atoms with Crippen molar-refractivity contribution >= 4 is 34.2 Å². The molecule has 0 spiro atoms.